The zero-order valence-electron chi connectivity index (χ0n) is 16.6. The van der Waals surface area contributed by atoms with Crippen molar-refractivity contribution >= 4 is 14.2 Å². The number of methoxy groups -OCH3 is 1. The third-order valence-electron chi connectivity index (χ3n) is 5.52. The van der Waals surface area contributed by atoms with Crippen molar-refractivity contribution in [2.45, 2.75) is 77.5 Å². The number of fused-ring (bicyclic) bond motifs is 1. The van der Waals surface area contributed by atoms with Gasteiger partial charge < -0.3 is 9.63 Å². The average molecular weight is 377 g/mol. The predicted molar refractivity (Wildman–Crippen MR) is 108 cm³/mol. The molecule has 0 radical (unpaired) electrons. The van der Waals surface area contributed by atoms with Gasteiger partial charge in [0.1, 0.15) is 5.75 Å². The lowest BCUT2D eigenvalue weighted by atomic mass is 9.89. The lowest BCUT2D eigenvalue weighted by Gasteiger charge is -2.39. The Bertz CT molecular complexity index is 626. The lowest BCUT2D eigenvalue weighted by molar-refractivity contribution is -0.193. The average Bonchev–Trinajstić information content (AvgIpc) is 2.88. The first-order chi connectivity index (χ1) is 12.4. The lowest BCUT2D eigenvalue weighted by Crippen LogP contribution is -2.43. The molecule has 1 saturated heterocycles. The molecule has 5 nitrogen and oxygen atoms in total. The Hall–Kier alpha value is -1.00. The van der Waals surface area contributed by atoms with Crippen LogP contribution in [0.2, 0.25) is 0 Å². The summed E-state index contributed by atoms with van der Waals surface area (Å²) in [5.74, 6) is 0.756. The Kier molecular flexibility index (Phi) is 6.03. The van der Waals surface area contributed by atoms with Crippen LogP contribution in [0.3, 0.4) is 0 Å². The monoisotopic (exact) mass is 377 g/mol. The Balaban J connectivity index is 2.02. The van der Waals surface area contributed by atoms with Crippen LogP contribution in [0, 0.1) is 0 Å². The van der Waals surface area contributed by atoms with E-state index in [0.717, 1.165) is 24.2 Å². The molecule has 2 fully saturated rings. The van der Waals surface area contributed by atoms with Gasteiger partial charge in [0.15, 0.2) is 0 Å². The predicted octanol–water partition coefficient (Wildman–Crippen LogP) is 3.90. The van der Waals surface area contributed by atoms with Gasteiger partial charge in [0.2, 0.25) is 7.94 Å². The van der Waals surface area contributed by atoms with Crippen LogP contribution in [0.1, 0.15) is 58.9 Å². The molecular weight excluding hydrogens is 345 g/mol. The number of para-hydroxylation sites is 1. The molecule has 0 amide bonds. The van der Waals surface area contributed by atoms with E-state index in [4.69, 9.17) is 9.50 Å². The first-order valence-electron chi connectivity index (χ1n) is 9.76. The van der Waals surface area contributed by atoms with Gasteiger partial charge in [-0.05, 0) is 52.7 Å². The summed E-state index contributed by atoms with van der Waals surface area (Å²) in [7, 11) is -1.37. The van der Waals surface area contributed by atoms with E-state index in [9.17, 15) is 4.89 Å². The van der Waals surface area contributed by atoms with Crippen LogP contribution in [0.4, 0.5) is 0 Å². The Labute approximate surface area is 158 Å². The van der Waals surface area contributed by atoms with Crippen molar-refractivity contribution in [1.82, 2.24) is 9.34 Å². The van der Waals surface area contributed by atoms with E-state index in [2.05, 4.69) is 37.0 Å². The molecule has 2 atom stereocenters. The zero-order valence-corrected chi connectivity index (χ0v) is 17.5. The fourth-order valence-corrected chi connectivity index (χ4v) is 7.88. The summed E-state index contributed by atoms with van der Waals surface area (Å²) in [6.45, 7) is 8.56. The van der Waals surface area contributed by atoms with E-state index < -0.39 is 7.94 Å². The molecule has 26 heavy (non-hydrogen) atoms. The highest BCUT2D eigenvalue weighted by Crippen LogP contribution is 2.69. The molecule has 1 aliphatic heterocycles. The van der Waals surface area contributed by atoms with Gasteiger partial charge in [-0.15, -0.1) is 14.1 Å². The van der Waals surface area contributed by atoms with Gasteiger partial charge in [-0.2, -0.15) is 0 Å². The summed E-state index contributed by atoms with van der Waals surface area (Å²) in [5, 5.41) is 0. The second-order valence-electron chi connectivity index (χ2n) is 7.87. The van der Waals surface area contributed by atoms with Crippen LogP contribution in [0.15, 0.2) is 29.0 Å². The van der Waals surface area contributed by atoms with Gasteiger partial charge in [0.05, 0.1) is 25.4 Å². The van der Waals surface area contributed by atoms with Gasteiger partial charge >= 0.3 is 0 Å². The Morgan fingerprint density at radius 2 is 1.62 bits per heavy atom. The molecule has 1 heterocycles. The SMILES string of the molecule is COc1ccccc1/C=N\[P+]1([O-])N(C(C)C)[C@H]2CCCC[C@@H]2N1C(C)C. The van der Waals surface area contributed by atoms with Gasteiger partial charge in [-0.3, -0.25) is 0 Å². The minimum atomic E-state index is -3.02. The maximum absolute atomic E-state index is 14.3. The highest BCUT2D eigenvalue weighted by Gasteiger charge is 2.61. The van der Waals surface area contributed by atoms with Crippen LogP contribution < -0.4 is 9.63 Å². The van der Waals surface area contributed by atoms with E-state index in [1.54, 1.807) is 13.3 Å². The van der Waals surface area contributed by atoms with Crippen LogP contribution in [-0.2, 0) is 0 Å². The molecule has 0 spiro atoms. The van der Waals surface area contributed by atoms with E-state index >= 15 is 0 Å². The van der Waals surface area contributed by atoms with E-state index in [1.165, 1.54) is 12.8 Å². The quantitative estimate of drug-likeness (QED) is 0.577. The molecule has 3 rings (SSSR count). The number of rotatable bonds is 5. The van der Waals surface area contributed by atoms with Crippen molar-refractivity contribution in [3.05, 3.63) is 29.8 Å². The normalized spacial score (nSPS) is 26.8. The molecule has 0 aromatic heterocycles. The smallest absolute Gasteiger partial charge is 0.238 e. The van der Waals surface area contributed by atoms with Crippen molar-refractivity contribution < 1.29 is 9.63 Å². The maximum Gasteiger partial charge on any atom is 0.238 e. The zero-order chi connectivity index (χ0) is 18.9. The molecular formula is C20H32N3O2P. The van der Waals surface area contributed by atoms with Gasteiger partial charge in [0.25, 0.3) is 0 Å². The van der Waals surface area contributed by atoms with Gasteiger partial charge in [-0.1, -0.05) is 25.0 Å². The van der Waals surface area contributed by atoms with Gasteiger partial charge in [-0.25, -0.2) is 0 Å². The Morgan fingerprint density at radius 3 is 2.12 bits per heavy atom. The second-order valence-corrected chi connectivity index (χ2v) is 10.0. The van der Waals surface area contributed by atoms with Crippen molar-refractivity contribution in [2.24, 2.45) is 4.76 Å². The number of nitrogens with zero attached hydrogens (tertiary/aromatic N) is 3. The number of benzene rings is 1. The molecule has 0 unspecified atom stereocenters. The highest BCUT2D eigenvalue weighted by atomic mass is 31.2. The number of hydrogen-bond acceptors (Lipinski definition) is 5. The summed E-state index contributed by atoms with van der Waals surface area (Å²) in [5.41, 5.74) is 0.868. The fourth-order valence-electron chi connectivity index (χ4n) is 4.61. The maximum atomic E-state index is 14.3. The molecule has 2 aliphatic rings. The summed E-state index contributed by atoms with van der Waals surface area (Å²) in [6.07, 6.45) is 6.40. The van der Waals surface area contributed by atoms with Crippen molar-refractivity contribution in [3.63, 3.8) is 0 Å². The first-order valence-corrected chi connectivity index (χ1v) is 11.3. The molecule has 1 saturated carbocycles. The fraction of sp³-hybridized carbons (Fsp3) is 0.650. The van der Waals surface area contributed by atoms with E-state index in [-0.39, 0.29) is 12.1 Å². The Morgan fingerprint density at radius 1 is 1.08 bits per heavy atom. The largest absolute Gasteiger partial charge is 0.630 e. The summed E-state index contributed by atoms with van der Waals surface area (Å²) in [4.78, 5) is 14.3. The second kappa shape index (κ2) is 7.93. The minimum Gasteiger partial charge on any atom is -0.630 e. The highest BCUT2D eigenvalue weighted by molar-refractivity contribution is 7.63. The third-order valence-corrected chi connectivity index (χ3v) is 8.66. The van der Waals surface area contributed by atoms with Gasteiger partial charge in [0, 0.05) is 17.6 Å². The summed E-state index contributed by atoms with van der Waals surface area (Å²) in [6, 6.07) is 8.83. The van der Waals surface area contributed by atoms with Crippen LogP contribution >= 0.6 is 7.94 Å². The van der Waals surface area contributed by atoms with Crippen LogP contribution in [0.5, 0.6) is 5.75 Å². The summed E-state index contributed by atoms with van der Waals surface area (Å²) >= 11 is 0. The topological polar surface area (TPSA) is 51.1 Å². The number of hydrogen-bond donors (Lipinski definition) is 0. The molecule has 144 valence electrons. The molecule has 1 aliphatic carbocycles. The van der Waals surface area contributed by atoms with Crippen LogP contribution in [-0.4, -0.2) is 46.8 Å². The van der Waals surface area contributed by atoms with Crippen molar-refractivity contribution in [3.8, 4) is 5.75 Å². The van der Waals surface area contributed by atoms with E-state index in [1.807, 2.05) is 24.3 Å². The molecule has 0 bridgehead atoms. The molecule has 6 heteroatoms. The first kappa shape index (κ1) is 19.8. The van der Waals surface area contributed by atoms with Crippen molar-refractivity contribution in [1.29, 1.82) is 0 Å². The standard InChI is InChI=1S/C20H32N3O2P/c1-15(2)22-18-11-7-8-12-19(18)23(16(3)4)26(22,24)21-14-17-10-6-9-13-20(17)25-5/h6,9-10,13-16,18-19H,7-8,11-12H2,1-5H3/b21-14-/t18-,19-/m0/s1. The third kappa shape index (κ3) is 3.43. The number of ether oxygens (including phenoxy) is 1. The van der Waals surface area contributed by atoms with Crippen molar-refractivity contribution in [2.75, 3.05) is 7.11 Å². The van der Waals surface area contributed by atoms with E-state index in [0.29, 0.717) is 12.1 Å². The summed E-state index contributed by atoms with van der Waals surface area (Å²) < 4.78 is 14.6. The molecule has 1 aromatic carbocycles. The minimum absolute atomic E-state index is 0.199. The molecule has 1 aromatic rings. The van der Waals surface area contributed by atoms with Crippen LogP contribution in [0.25, 0.3) is 0 Å². The molecule has 0 N–H and O–H groups in total.